The smallest absolute Gasteiger partial charge is 0.358 e. The molecule has 1 heterocycles. The molecule has 0 fully saturated rings. The van der Waals surface area contributed by atoms with Crippen LogP contribution in [0.25, 0.3) is 0 Å². The Bertz CT molecular complexity index is 515. The Labute approximate surface area is 120 Å². The summed E-state index contributed by atoms with van der Waals surface area (Å²) in [6.45, 7) is 0.452. The number of nitrogens with one attached hydrogen (secondary N) is 1. The molecule has 0 unspecified atom stereocenters. The van der Waals surface area contributed by atoms with Gasteiger partial charge in [-0.25, -0.2) is 9.48 Å². The summed E-state index contributed by atoms with van der Waals surface area (Å²) in [5, 5.41) is 18.2. The highest BCUT2D eigenvalue weighted by Crippen LogP contribution is 1.95. The molecule has 1 rings (SSSR count). The number of rotatable bonds is 8. The molecule has 0 aromatic carbocycles. The monoisotopic (exact) mass is 299 g/mol. The fraction of sp³-hybridized carbons (Fsp3) is 0.545. The largest absolute Gasteiger partial charge is 0.476 e. The summed E-state index contributed by atoms with van der Waals surface area (Å²) in [6, 6.07) is 0. The number of hydrogen-bond donors (Lipinski definition) is 2. The number of nitrogens with zero attached hydrogens (tertiary/aromatic N) is 4. The van der Waals surface area contributed by atoms with Gasteiger partial charge in [-0.1, -0.05) is 5.21 Å². The molecule has 0 bridgehead atoms. The van der Waals surface area contributed by atoms with Gasteiger partial charge >= 0.3 is 5.97 Å². The molecule has 0 atom stereocenters. The molecule has 0 spiro atoms. The molecule has 10 heteroatoms. The minimum Gasteiger partial charge on any atom is -0.476 e. The second-order valence-electron chi connectivity index (χ2n) is 4.20. The van der Waals surface area contributed by atoms with Crippen molar-refractivity contribution in [3.8, 4) is 0 Å². The van der Waals surface area contributed by atoms with E-state index >= 15 is 0 Å². The van der Waals surface area contributed by atoms with E-state index in [1.54, 1.807) is 0 Å². The number of likely N-dealkylation sites (N-methyl/N-ethyl adjacent to an activating group) is 1. The molecule has 116 valence electrons. The molecular formula is C11H17N5O5. The zero-order valence-electron chi connectivity index (χ0n) is 11.8. The summed E-state index contributed by atoms with van der Waals surface area (Å²) < 4.78 is 5.89. The van der Waals surface area contributed by atoms with Crippen LogP contribution in [-0.2, 0) is 20.9 Å². The summed E-state index contributed by atoms with van der Waals surface area (Å²) in [7, 11) is 2.98. The van der Waals surface area contributed by atoms with Crippen molar-refractivity contribution in [3.63, 3.8) is 0 Å². The van der Waals surface area contributed by atoms with Gasteiger partial charge in [0, 0.05) is 20.7 Å². The van der Waals surface area contributed by atoms with Crippen molar-refractivity contribution in [2.45, 2.75) is 6.54 Å². The Morgan fingerprint density at radius 2 is 2.19 bits per heavy atom. The highest BCUT2D eigenvalue weighted by molar-refractivity contribution is 5.85. The zero-order chi connectivity index (χ0) is 15.8. The maximum absolute atomic E-state index is 11.8. The van der Waals surface area contributed by atoms with E-state index in [1.165, 1.54) is 19.1 Å². The van der Waals surface area contributed by atoms with Crippen molar-refractivity contribution in [3.05, 3.63) is 11.9 Å². The fourth-order valence-electron chi connectivity index (χ4n) is 1.38. The number of carboxylic acids is 1. The number of ether oxygens (including phenoxy) is 1. The minimum absolute atomic E-state index is 0.108. The van der Waals surface area contributed by atoms with Crippen LogP contribution in [0, 0.1) is 0 Å². The maximum Gasteiger partial charge on any atom is 0.358 e. The van der Waals surface area contributed by atoms with E-state index in [0.717, 1.165) is 10.9 Å². The van der Waals surface area contributed by atoms with Gasteiger partial charge in [-0.05, 0) is 0 Å². The second kappa shape index (κ2) is 7.94. The molecule has 1 aromatic rings. The third-order valence-corrected chi connectivity index (χ3v) is 2.49. The van der Waals surface area contributed by atoms with E-state index < -0.39 is 11.9 Å². The first-order valence-electron chi connectivity index (χ1n) is 6.07. The van der Waals surface area contributed by atoms with Crippen molar-refractivity contribution in [2.24, 2.45) is 0 Å². The summed E-state index contributed by atoms with van der Waals surface area (Å²) in [4.78, 5) is 35.2. The highest BCUT2D eigenvalue weighted by atomic mass is 16.5. The van der Waals surface area contributed by atoms with Gasteiger partial charge in [0.2, 0.25) is 11.8 Å². The molecule has 21 heavy (non-hydrogen) atoms. The third-order valence-electron chi connectivity index (χ3n) is 2.49. The summed E-state index contributed by atoms with van der Waals surface area (Å²) in [5.74, 6) is -1.92. The maximum atomic E-state index is 11.8. The van der Waals surface area contributed by atoms with Crippen LogP contribution in [0.5, 0.6) is 0 Å². The quantitative estimate of drug-likeness (QED) is 0.542. The Hall–Kier alpha value is -2.49. The number of methoxy groups -OCH3 is 1. The lowest BCUT2D eigenvalue weighted by Crippen LogP contribution is -2.40. The van der Waals surface area contributed by atoms with Crippen LogP contribution in [0.15, 0.2) is 6.20 Å². The number of carbonyl (C=O) groups is 3. The SMILES string of the molecule is COCCNC(=O)CN(C)C(=O)Cn1cc(C(=O)O)nn1. The summed E-state index contributed by atoms with van der Waals surface area (Å²) in [6.07, 6.45) is 1.15. The zero-order valence-corrected chi connectivity index (χ0v) is 11.8. The molecule has 0 aliphatic rings. The first-order chi connectivity index (χ1) is 9.93. The topological polar surface area (TPSA) is 127 Å². The van der Waals surface area contributed by atoms with E-state index in [4.69, 9.17) is 9.84 Å². The number of carboxylic acid groups (broad SMARTS) is 1. The molecule has 0 aliphatic carbocycles. The lowest BCUT2D eigenvalue weighted by molar-refractivity contribution is -0.135. The van der Waals surface area contributed by atoms with Crippen LogP contribution in [0.2, 0.25) is 0 Å². The standard InChI is InChI=1S/C11H17N5O5/c1-15(6-9(17)12-3-4-21-2)10(18)7-16-5-8(11(19)20)13-14-16/h5H,3-4,6-7H2,1-2H3,(H,12,17)(H,19,20). The van der Waals surface area contributed by atoms with Gasteiger partial charge in [0.25, 0.3) is 0 Å². The van der Waals surface area contributed by atoms with Gasteiger partial charge in [0.15, 0.2) is 5.69 Å². The van der Waals surface area contributed by atoms with Crippen molar-refractivity contribution in [2.75, 3.05) is 33.9 Å². The highest BCUT2D eigenvalue weighted by Gasteiger charge is 2.15. The van der Waals surface area contributed by atoms with Gasteiger partial charge in [-0.2, -0.15) is 0 Å². The predicted molar refractivity (Wildman–Crippen MR) is 69.5 cm³/mol. The average molecular weight is 299 g/mol. The molecule has 0 saturated heterocycles. The predicted octanol–water partition coefficient (Wildman–Crippen LogP) is -1.80. The molecular weight excluding hydrogens is 282 g/mol. The Kier molecular flexibility index (Phi) is 6.27. The number of amides is 2. The molecule has 2 amide bonds. The lowest BCUT2D eigenvalue weighted by atomic mass is 10.4. The molecule has 1 aromatic heterocycles. The van der Waals surface area contributed by atoms with E-state index in [0.29, 0.717) is 13.2 Å². The van der Waals surface area contributed by atoms with Crippen molar-refractivity contribution < 1.29 is 24.2 Å². The fourth-order valence-corrected chi connectivity index (χ4v) is 1.38. The summed E-state index contributed by atoms with van der Waals surface area (Å²) >= 11 is 0. The second-order valence-corrected chi connectivity index (χ2v) is 4.20. The van der Waals surface area contributed by atoms with E-state index in [1.807, 2.05) is 0 Å². The Balaban J connectivity index is 2.43. The number of aromatic nitrogens is 3. The van der Waals surface area contributed by atoms with Gasteiger partial charge in [-0.3, -0.25) is 9.59 Å². The molecule has 10 nitrogen and oxygen atoms in total. The van der Waals surface area contributed by atoms with Crippen LogP contribution in [0.3, 0.4) is 0 Å². The van der Waals surface area contributed by atoms with Crippen LogP contribution in [-0.4, -0.2) is 76.6 Å². The van der Waals surface area contributed by atoms with E-state index in [-0.39, 0.29) is 24.7 Å². The van der Waals surface area contributed by atoms with Crippen molar-refractivity contribution in [1.82, 2.24) is 25.2 Å². The van der Waals surface area contributed by atoms with Crippen molar-refractivity contribution >= 4 is 17.8 Å². The average Bonchev–Trinajstić information content (AvgIpc) is 2.87. The minimum atomic E-state index is -1.22. The number of aromatic carboxylic acids is 1. The lowest BCUT2D eigenvalue weighted by Gasteiger charge is -2.16. The van der Waals surface area contributed by atoms with E-state index in [2.05, 4.69) is 15.6 Å². The Morgan fingerprint density at radius 1 is 1.48 bits per heavy atom. The van der Waals surface area contributed by atoms with Crippen LogP contribution in [0.1, 0.15) is 10.5 Å². The number of hydrogen-bond acceptors (Lipinski definition) is 6. The molecule has 0 aliphatic heterocycles. The first kappa shape index (κ1) is 16.6. The van der Waals surface area contributed by atoms with Crippen LogP contribution in [0.4, 0.5) is 0 Å². The van der Waals surface area contributed by atoms with E-state index in [9.17, 15) is 14.4 Å². The third kappa shape index (κ3) is 5.57. The van der Waals surface area contributed by atoms with Gasteiger partial charge in [0.05, 0.1) is 19.3 Å². The van der Waals surface area contributed by atoms with Gasteiger partial charge in [-0.15, -0.1) is 5.10 Å². The van der Waals surface area contributed by atoms with Crippen LogP contribution < -0.4 is 5.32 Å². The Morgan fingerprint density at radius 3 is 2.76 bits per heavy atom. The van der Waals surface area contributed by atoms with Crippen LogP contribution >= 0.6 is 0 Å². The van der Waals surface area contributed by atoms with Gasteiger partial charge < -0.3 is 20.1 Å². The van der Waals surface area contributed by atoms with Crippen molar-refractivity contribution in [1.29, 1.82) is 0 Å². The normalized spacial score (nSPS) is 10.2. The van der Waals surface area contributed by atoms with Gasteiger partial charge in [0.1, 0.15) is 6.54 Å². The molecule has 0 saturated carbocycles. The first-order valence-corrected chi connectivity index (χ1v) is 6.07. The molecule has 0 radical (unpaired) electrons. The summed E-state index contributed by atoms with van der Waals surface area (Å²) in [5.41, 5.74) is -0.247. The molecule has 2 N–H and O–H groups in total. The number of carbonyl (C=O) groups excluding carboxylic acids is 2.